The molecule has 0 bridgehead atoms. The summed E-state index contributed by atoms with van der Waals surface area (Å²) in [5, 5.41) is 2.82. The zero-order chi connectivity index (χ0) is 13.5. The van der Waals surface area contributed by atoms with Crippen molar-refractivity contribution in [2.24, 2.45) is 0 Å². The number of piperidine rings is 1. The second-order valence-corrected chi connectivity index (χ2v) is 4.78. The van der Waals surface area contributed by atoms with E-state index >= 15 is 0 Å². The molecule has 1 heterocycles. The third-order valence-electron chi connectivity index (χ3n) is 3.45. The fraction of sp³-hybridized carbons (Fsp3) is 0.533. The van der Waals surface area contributed by atoms with Crippen molar-refractivity contribution in [2.75, 3.05) is 19.8 Å². The van der Waals surface area contributed by atoms with E-state index in [1.807, 2.05) is 29.2 Å². The number of ether oxygens (including phenoxy) is 1. The summed E-state index contributed by atoms with van der Waals surface area (Å²) in [4.78, 5) is 13.7. The number of benzene rings is 1. The third kappa shape index (κ3) is 3.88. The van der Waals surface area contributed by atoms with Crippen LogP contribution in [0.2, 0.25) is 0 Å². The second kappa shape index (κ2) is 7.02. The van der Waals surface area contributed by atoms with Crippen LogP contribution in [0, 0.1) is 0 Å². The number of aryl methyl sites for hydroxylation is 1. The number of rotatable bonds is 4. The van der Waals surface area contributed by atoms with Gasteiger partial charge in [0, 0.05) is 13.1 Å². The Hall–Kier alpha value is -1.71. The van der Waals surface area contributed by atoms with Crippen LogP contribution < -0.4 is 10.1 Å². The SMILES string of the molecule is CCc1ccccc1OCNC(=O)N1CCCCC1. The minimum atomic E-state index is -0.0197. The van der Waals surface area contributed by atoms with Gasteiger partial charge in [-0.3, -0.25) is 0 Å². The lowest BCUT2D eigenvalue weighted by atomic mass is 10.1. The summed E-state index contributed by atoms with van der Waals surface area (Å²) >= 11 is 0. The number of carbonyl (C=O) groups excluding carboxylic acids is 1. The molecule has 2 amide bonds. The zero-order valence-corrected chi connectivity index (χ0v) is 11.5. The standard InChI is InChI=1S/C15H22N2O2/c1-2-13-8-4-5-9-14(13)19-12-16-15(18)17-10-6-3-7-11-17/h4-5,8-9H,2-3,6-7,10-12H2,1H3,(H,16,18). The highest BCUT2D eigenvalue weighted by Gasteiger charge is 2.15. The molecule has 4 heteroatoms. The number of para-hydroxylation sites is 1. The Morgan fingerprint density at radius 3 is 2.74 bits per heavy atom. The van der Waals surface area contributed by atoms with Crippen molar-refractivity contribution in [1.29, 1.82) is 0 Å². The van der Waals surface area contributed by atoms with E-state index in [2.05, 4.69) is 12.2 Å². The van der Waals surface area contributed by atoms with Crippen LogP contribution in [0.25, 0.3) is 0 Å². The fourth-order valence-corrected chi connectivity index (χ4v) is 2.32. The zero-order valence-electron chi connectivity index (χ0n) is 11.5. The highest BCUT2D eigenvalue weighted by atomic mass is 16.5. The molecular formula is C15H22N2O2. The van der Waals surface area contributed by atoms with Crippen LogP contribution in [0.3, 0.4) is 0 Å². The van der Waals surface area contributed by atoms with Crippen molar-refractivity contribution in [3.05, 3.63) is 29.8 Å². The van der Waals surface area contributed by atoms with Gasteiger partial charge in [-0.15, -0.1) is 0 Å². The van der Waals surface area contributed by atoms with Crippen molar-refractivity contribution in [1.82, 2.24) is 10.2 Å². The van der Waals surface area contributed by atoms with Gasteiger partial charge in [0.1, 0.15) is 5.75 Å². The number of urea groups is 1. The summed E-state index contributed by atoms with van der Waals surface area (Å²) in [5.74, 6) is 0.851. The molecule has 0 aromatic heterocycles. The maximum Gasteiger partial charge on any atom is 0.320 e. The number of amides is 2. The monoisotopic (exact) mass is 262 g/mol. The summed E-state index contributed by atoms with van der Waals surface area (Å²) in [7, 11) is 0. The number of hydrogen-bond acceptors (Lipinski definition) is 2. The van der Waals surface area contributed by atoms with Crippen molar-refractivity contribution >= 4 is 6.03 Å². The predicted octanol–water partition coefficient (Wildman–Crippen LogP) is 2.78. The van der Waals surface area contributed by atoms with Crippen molar-refractivity contribution in [3.63, 3.8) is 0 Å². The molecule has 0 saturated carbocycles. The van der Waals surface area contributed by atoms with Gasteiger partial charge in [0.15, 0.2) is 6.73 Å². The Labute approximate surface area is 114 Å². The molecule has 0 aliphatic carbocycles. The predicted molar refractivity (Wildman–Crippen MR) is 75.3 cm³/mol. The summed E-state index contributed by atoms with van der Waals surface area (Å²) in [6, 6.07) is 7.90. The van der Waals surface area contributed by atoms with Gasteiger partial charge < -0.3 is 15.0 Å². The molecule has 1 aliphatic rings. The highest BCUT2D eigenvalue weighted by molar-refractivity contribution is 5.74. The number of nitrogens with one attached hydrogen (secondary N) is 1. The summed E-state index contributed by atoms with van der Waals surface area (Å²) in [6.07, 6.45) is 4.36. The van der Waals surface area contributed by atoms with Gasteiger partial charge in [-0.25, -0.2) is 4.79 Å². The third-order valence-corrected chi connectivity index (χ3v) is 3.45. The molecule has 0 radical (unpaired) electrons. The van der Waals surface area contributed by atoms with Gasteiger partial charge in [0.2, 0.25) is 0 Å². The lowest BCUT2D eigenvalue weighted by Gasteiger charge is -2.26. The van der Waals surface area contributed by atoms with E-state index in [-0.39, 0.29) is 12.8 Å². The van der Waals surface area contributed by atoms with E-state index in [1.165, 1.54) is 6.42 Å². The van der Waals surface area contributed by atoms with Gasteiger partial charge in [0.05, 0.1) is 0 Å². The van der Waals surface area contributed by atoms with E-state index in [4.69, 9.17) is 4.74 Å². The molecule has 0 unspecified atom stereocenters. The molecular weight excluding hydrogens is 240 g/mol. The minimum absolute atomic E-state index is 0.0197. The number of likely N-dealkylation sites (tertiary alicyclic amines) is 1. The average molecular weight is 262 g/mol. The van der Waals surface area contributed by atoms with Crippen LogP contribution in [0.15, 0.2) is 24.3 Å². The molecule has 1 aliphatic heterocycles. The normalized spacial score (nSPS) is 15.1. The first kappa shape index (κ1) is 13.7. The van der Waals surface area contributed by atoms with E-state index < -0.39 is 0 Å². The molecule has 0 atom stereocenters. The van der Waals surface area contributed by atoms with Gasteiger partial charge in [-0.2, -0.15) is 0 Å². The van der Waals surface area contributed by atoms with Crippen LogP contribution in [-0.2, 0) is 6.42 Å². The number of nitrogens with zero attached hydrogens (tertiary/aromatic N) is 1. The van der Waals surface area contributed by atoms with Gasteiger partial charge in [-0.05, 0) is 37.3 Å². The molecule has 1 saturated heterocycles. The molecule has 1 aromatic carbocycles. The van der Waals surface area contributed by atoms with Gasteiger partial charge in [0.25, 0.3) is 0 Å². The number of hydrogen-bond donors (Lipinski definition) is 1. The summed E-state index contributed by atoms with van der Waals surface area (Å²) < 4.78 is 5.63. The maximum absolute atomic E-state index is 11.9. The lowest BCUT2D eigenvalue weighted by Crippen LogP contribution is -2.44. The Kier molecular flexibility index (Phi) is 5.07. The smallest absolute Gasteiger partial charge is 0.320 e. The Morgan fingerprint density at radius 1 is 1.26 bits per heavy atom. The summed E-state index contributed by atoms with van der Waals surface area (Å²) in [5.41, 5.74) is 1.16. The highest BCUT2D eigenvalue weighted by Crippen LogP contribution is 2.17. The molecule has 1 fully saturated rings. The van der Waals surface area contributed by atoms with Crippen LogP contribution >= 0.6 is 0 Å². The molecule has 1 aromatic rings. The van der Waals surface area contributed by atoms with Gasteiger partial charge >= 0.3 is 6.03 Å². The molecule has 4 nitrogen and oxygen atoms in total. The molecule has 1 N–H and O–H groups in total. The molecule has 2 rings (SSSR count). The topological polar surface area (TPSA) is 41.6 Å². The molecule has 104 valence electrons. The van der Waals surface area contributed by atoms with Crippen molar-refractivity contribution in [3.8, 4) is 5.75 Å². The Bertz CT molecular complexity index is 414. The first-order chi connectivity index (χ1) is 9.31. The fourth-order valence-electron chi connectivity index (χ4n) is 2.32. The van der Waals surface area contributed by atoms with Crippen LogP contribution in [-0.4, -0.2) is 30.8 Å². The average Bonchev–Trinajstić information content (AvgIpc) is 2.48. The first-order valence-corrected chi connectivity index (χ1v) is 7.04. The second-order valence-electron chi connectivity index (χ2n) is 4.78. The molecule has 19 heavy (non-hydrogen) atoms. The summed E-state index contributed by atoms with van der Waals surface area (Å²) in [6.45, 7) is 4.04. The quantitative estimate of drug-likeness (QED) is 0.848. The Balaban J connectivity index is 1.78. The van der Waals surface area contributed by atoms with Crippen LogP contribution in [0.4, 0.5) is 4.79 Å². The maximum atomic E-state index is 11.9. The van der Waals surface area contributed by atoms with Crippen molar-refractivity contribution < 1.29 is 9.53 Å². The lowest BCUT2D eigenvalue weighted by molar-refractivity contribution is 0.174. The van der Waals surface area contributed by atoms with E-state index in [9.17, 15) is 4.79 Å². The molecule has 0 spiro atoms. The minimum Gasteiger partial charge on any atom is -0.473 e. The van der Waals surface area contributed by atoms with Crippen LogP contribution in [0.5, 0.6) is 5.75 Å². The van der Waals surface area contributed by atoms with Crippen LogP contribution in [0.1, 0.15) is 31.7 Å². The van der Waals surface area contributed by atoms with Crippen molar-refractivity contribution in [2.45, 2.75) is 32.6 Å². The van der Waals surface area contributed by atoms with Gasteiger partial charge in [-0.1, -0.05) is 25.1 Å². The Morgan fingerprint density at radius 2 is 2.00 bits per heavy atom. The largest absolute Gasteiger partial charge is 0.473 e. The first-order valence-electron chi connectivity index (χ1n) is 7.04. The van der Waals surface area contributed by atoms with E-state index in [0.717, 1.165) is 43.7 Å². The van der Waals surface area contributed by atoms with E-state index in [0.29, 0.717) is 0 Å². The number of carbonyl (C=O) groups is 1. The van der Waals surface area contributed by atoms with E-state index in [1.54, 1.807) is 0 Å².